The van der Waals surface area contributed by atoms with Gasteiger partial charge in [-0.1, -0.05) is 79.8 Å². The van der Waals surface area contributed by atoms with Crippen LogP contribution in [-0.4, -0.2) is 176 Å². The van der Waals surface area contributed by atoms with Gasteiger partial charge >= 0.3 is 11.9 Å². The van der Waals surface area contributed by atoms with E-state index in [1.807, 2.05) is 18.2 Å². The summed E-state index contributed by atoms with van der Waals surface area (Å²) in [5.41, 5.74) is 4.27. The molecule has 2 heterocycles. The van der Waals surface area contributed by atoms with Crippen LogP contribution in [0.15, 0.2) is 72.9 Å². The fourth-order valence-electron chi connectivity index (χ4n) is 7.48. The summed E-state index contributed by atoms with van der Waals surface area (Å²) in [6, 6.07) is -1.16. The van der Waals surface area contributed by atoms with Crippen LogP contribution in [0, 0.1) is 11.8 Å². The Hall–Kier alpha value is -3.51. The van der Waals surface area contributed by atoms with Crippen molar-refractivity contribution in [1.82, 2.24) is 0 Å². The molecule has 0 bridgehead atoms. The van der Waals surface area contributed by atoms with Crippen LogP contribution in [-0.2, 0) is 28.6 Å². The van der Waals surface area contributed by atoms with Crippen molar-refractivity contribution in [1.29, 1.82) is 0 Å². The number of carbonyl (C=O) groups excluding carboxylic acids is 2. The van der Waals surface area contributed by atoms with Crippen LogP contribution in [0.1, 0.15) is 91.9 Å². The summed E-state index contributed by atoms with van der Waals surface area (Å²) in [7, 11) is 0. The monoisotopic (exact) mass is 941 g/mol. The van der Waals surface area contributed by atoms with E-state index >= 15 is 0 Å². The van der Waals surface area contributed by atoms with Crippen molar-refractivity contribution in [3.63, 3.8) is 0 Å². The number of carboxylic acid groups (broad SMARTS) is 1. The van der Waals surface area contributed by atoms with Gasteiger partial charge in [-0.05, 0) is 59.3 Å². The first kappa shape index (κ1) is 58.6. The van der Waals surface area contributed by atoms with Crippen LogP contribution in [0.5, 0.6) is 0 Å². The number of nitrogens with two attached hydrogens (primary N) is 1. The molecular formula is C47H75NO18. The van der Waals surface area contributed by atoms with Crippen molar-refractivity contribution in [2.24, 2.45) is 17.6 Å². The van der Waals surface area contributed by atoms with E-state index in [9.17, 15) is 75.7 Å². The van der Waals surface area contributed by atoms with E-state index in [-0.39, 0.29) is 25.7 Å². The first-order valence-corrected chi connectivity index (χ1v) is 22.5. The predicted octanol–water partition coefficient (Wildman–Crippen LogP) is -0.107. The highest BCUT2D eigenvalue weighted by molar-refractivity contribution is 5.81. The van der Waals surface area contributed by atoms with Gasteiger partial charge in [0, 0.05) is 25.2 Å². The number of hydrogen-bond acceptors (Lipinski definition) is 18. The highest BCUT2D eigenvalue weighted by Gasteiger charge is 2.43. The Morgan fingerprint density at radius 2 is 1.26 bits per heavy atom. The molecule has 0 saturated carbocycles. The maximum Gasteiger partial charge on any atom is 0.311 e. The molecule has 19 nitrogen and oxygen atoms in total. The smallest absolute Gasteiger partial charge is 0.311 e. The lowest BCUT2D eigenvalue weighted by molar-refractivity contribution is -0.277. The number of hydrogen-bond donors (Lipinski definition) is 13. The van der Waals surface area contributed by atoms with Crippen molar-refractivity contribution in [3.8, 4) is 0 Å². The van der Waals surface area contributed by atoms with Crippen LogP contribution >= 0.6 is 0 Å². The summed E-state index contributed by atoms with van der Waals surface area (Å²) in [6.45, 7) is 6.04. The molecule has 2 aliphatic rings. The second kappa shape index (κ2) is 29.4. The molecule has 0 aromatic carbocycles. The molecule has 0 aromatic rings. The number of cyclic esters (lactones) is 1. The molecule has 0 aromatic heterocycles. The molecule has 0 spiro atoms. The molecule has 19 heteroatoms. The lowest BCUT2D eigenvalue weighted by atomic mass is 9.86. The first-order valence-electron chi connectivity index (χ1n) is 22.5. The average Bonchev–Trinajstić information content (AvgIpc) is 3.22. The molecule has 0 unspecified atom stereocenters. The Bertz CT molecular complexity index is 1650. The molecule has 66 heavy (non-hydrogen) atoms. The van der Waals surface area contributed by atoms with E-state index in [1.54, 1.807) is 43.4 Å². The van der Waals surface area contributed by atoms with Gasteiger partial charge in [-0.3, -0.25) is 14.4 Å². The van der Waals surface area contributed by atoms with E-state index in [2.05, 4.69) is 0 Å². The Labute approximate surface area is 386 Å². The van der Waals surface area contributed by atoms with Gasteiger partial charge in [-0.2, -0.15) is 0 Å². The van der Waals surface area contributed by atoms with Gasteiger partial charge in [0.05, 0.1) is 79.6 Å². The van der Waals surface area contributed by atoms with Crippen molar-refractivity contribution in [3.05, 3.63) is 72.9 Å². The number of aliphatic hydroxyl groups excluding tert-OH is 10. The van der Waals surface area contributed by atoms with E-state index in [0.717, 1.165) is 0 Å². The van der Waals surface area contributed by atoms with Crippen molar-refractivity contribution < 1.29 is 89.9 Å². The van der Waals surface area contributed by atoms with Gasteiger partial charge in [0.15, 0.2) is 6.29 Å². The Balaban J connectivity index is 2.29. The lowest BCUT2D eigenvalue weighted by Crippen LogP contribution is -2.61. The van der Waals surface area contributed by atoms with Gasteiger partial charge in [0.25, 0.3) is 0 Å². The lowest BCUT2D eigenvalue weighted by Gasteiger charge is -2.41. The quantitative estimate of drug-likeness (QED) is 0.164. The summed E-state index contributed by atoms with van der Waals surface area (Å²) >= 11 is 0. The number of Topliss-reactive ketones (excluding diaryl/α,β-unsaturated/α-hetero) is 1. The molecule has 18 atom stereocenters. The fraction of sp³-hybridized carbons (Fsp3) is 0.681. The fourth-order valence-corrected chi connectivity index (χ4v) is 7.48. The third-order valence-electron chi connectivity index (χ3n) is 11.8. The second-order valence-corrected chi connectivity index (χ2v) is 17.6. The normalized spacial score (nSPS) is 40.3. The zero-order chi connectivity index (χ0) is 49.7. The molecule has 2 aliphatic heterocycles. The maximum atomic E-state index is 12.9. The highest BCUT2D eigenvalue weighted by atomic mass is 16.7. The van der Waals surface area contributed by atoms with Crippen LogP contribution < -0.4 is 5.73 Å². The van der Waals surface area contributed by atoms with Crippen LogP contribution in [0.4, 0.5) is 0 Å². The van der Waals surface area contributed by atoms with Gasteiger partial charge in [-0.15, -0.1) is 0 Å². The number of carboxylic acids is 1. The summed E-state index contributed by atoms with van der Waals surface area (Å²) in [5.74, 6) is -6.01. The number of aliphatic carboxylic acids is 1. The molecule has 2 rings (SSSR count). The van der Waals surface area contributed by atoms with E-state index in [4.69, 9.17) is 19.9 Å². The Morgan fingerprint density at radius 3 is 1.89 bits per heavy atom. The zero-order valence-electron chi connectivity index (χ0n) is 38.2. The largest absolute Gasteiger partial charge is 0.481 e. The van der Waals surface area contributed by atoms with Gasteiger partial charge in [0.2, 0.25) is 0 Å². The molecule has 14 N–H and O–H groups in total. The Kier molecular flexibility index (Phi) is 26.1. The van der Waals surface area contributed by atoms with Gasteiger partial charge in [0.1, 0.15) is 29.5 Å². The van der Waals surface area contributed by atoms with Crippen LogP contribution in [0.2, 0.25) is 0 Å². The third kappa shape index (κ3) is 20.8. The number of carbonyl (C=O) groups is 3. The first-order chi connectivity index (χ1) is 30.9. The number of ether oxygens (including phenoxy) is 3. The Morgan fingerprint density at radius 1 is 0.682 bits per heavy atom. The summed E-state index contributed by atoms with van der Waals surface area (Å²) in [6.07, 6.45) is -1.60. The highest BCUT2D eigenvalue weighted by Crippen LogP contribution is 2.27. The topological polar surface area (TPSA) is 348 Å². The molecule has 376 valence electrons. The number of allylic oxidation sites excluding steroid dienone is 10. The average molecular weight is 942 g/mol. The van der Waals surface area contributed by atoms with Crippen molar-refractivity contribution >= 4 is 17.7 Å². The molecule has 1 fully saturated rings. The van der Waals surface area contributed by atoms with Crippen molar-refractivity contribution in [2.75, 3.05) is 0 Å². The summed E-state index contributed by atoms with van der Waals surface area (Å²) < 4.78 is 16.9. The minimum absolute atomic E-state index is 0.166. The SMILES string of the molecule is C[C@H]1[C@H](C)OC(=O)C[C@H](O)C[C@H](O)C[C@H](O)CC[C@H](O)[C@H](O)CC(=O)C[C@H](O)[C@H](C(=O)O)[C@H](O)C[C@H](O[C@@H]2O[C@H](C)[C@H](O)[C@H](N)[C@@H]2O)C=CC=CC=CC=CCCC=CC=C[C@](C)(O)[C@H]1O. The molecular weight excluding hydrogens is 867 g/mol. The van der Waals surface area contributed by atoms with E-state index in [1.165, 1.54) is 39.0 Å². The van der Waals surface area contributed by atoms with Crippen LogP contribution in [0.3, 0.4) is 0 Å². The zero-order valence-corrected chi connectivity index (χ0v) is 38.2. The molecule has 0 amide bonds. The van der Waals surface area contributed by atoms with Gasteiger partial charge in [-0.25, -0.2) is 0 Å². The third-order valence-corrected chi connectivity index (χ3v) is 11.8. The van der Waals surface area contributed by atoms with Gasteiger partial charge < -0.3 is 81.2 Å². The van der Waals surface area contributed by atoms with Crippen LogP contribution in [0.25, 0.3) is 0 Å². The summed E-state index contributed by atoms with van der Waals surface area (Å²) in [5, 5.41) is 127. The maximum absolute atomic E-state index is 12.9. The number of rotatable bonds is 3. The standard InChI is InChI=1S/C47H75NO18/c1-27-28(2)64-39(57)25-32(51)22-31(50)21-30(49)18-19-35(53)36(54)23-33(52)24-37(55)40(45(61)62)38(56)26-34(66-46-43(59)41(48)42(58)29(3)65-46)17-15-13-11-9-7-5-6-8-10-12-14-16-20-47(4,63)44(27)60/h5-7,9,11-17,20,27-32,34-38,40-44,46,49-51,53-56,58-60,63H,8,10,18-19,21-26,48H2,1-4H3,(H,61,62)/t27-,28-,29+,30+,31+,32+,34+,35-,36+,37-,38+,40-,41-,42-,43-,44-,46-,47-/m0/s1. The molecule has 0 radical (unpaired) electrons. The van der Waals surface area contributed by atoms with E-state index in [0.29, 0.717) is 12.8 Å². The predicted molar refractivity (Wildman–Crippen MR) is 240 cm³/mol. The number of esters is 1. The molecule has 1 saturated heterocycles. The second-order valence-electron chi connectivity index (χ2n) is 17.6. The minimum Gasteiger partial charge on any atom is -0.481 e. The number of aliphatic hydroxyl groups is 11. The molecule has 0 aliphatic carbocycles. The van der Waals surface area contributed by atoms with E-state index < -0.39 is 153 Å². The number of ketones is 1. The minimum atomic E-state index is -1.96. The van der Waals surface area contributed by atoms with Crippen molar-refractivity contribution in [2.45, 2.75) is 189 Å². The summed E-state index contributed by atoms with van der Waals surface area (Å²) in [4.78, 5) is 37.8.